The summed E-state index contributed by atoms with van der Waals surface area (Å²) in [4.78, 5) is 102. The van der Waals surface area contributed by atoms with Crippen LogP contribution in [0.5, 0.6) is 0 Å². The van der Waals surface area contributed by atoms with E-state index in [1.807, 2.05) is 13.8 Å². The second-order valence-electron chi connectivity index (χ2n) is 15.5. The molecule has 15 nitrogen and oxygen atoms in total. The number of allylic oxidation sites excluding steroid dienone is 1. The minimum atomic E-state index is -1.46. The number of esters is 1. The van der Waals surface area contributed by atoms with E-state index in [9.17, 15) is 33.6 Å². The van der Waals surface area contributed by atoms with Gasteiger partial charge in [-0.3, -0.25) is 28.8 Å². The first-order chi connectivity index (χ1) is 26.3. The van der Waals surface area contributed by atoms with E-state index in [1.54, 1.807) is 37.3 Å². The molecule has 0 aliphatic carbocycles. The number of nitrogens with two attached hydrogens (primary N) is 1. The molecule has 15 heteroatoms. The van der Waals surface area contributed by atoms with Gasteiger partial charge in [0.15, 0.2) is 0 Å². The van der Waals surface area contributed by atoms with Gasteiger partial charge in [0.25, 0.3) is 0 Å². The van der Waals surface area contributed by atoms with Crippen LogP contribution in [-0.4, -0.2) is 118 Å². The average molecular weight is 764 g/mol. The van der Waals surface area contributed by atoms with Crippen molar-refractivity contribution in [2.45, 2.75) is 134 Å². The number of nitrogen functional groups attached to an aromatic ring is 1. The predicted octanol–water partition coefficient (Wildman–Crippen LogP) is 1.59. The predicted molar refractivity (Wildman–Crippen MR) is 204 cm³/mol. The lowest BCUT2D eigenvalue weighted by Gasteiger charge is -2.41. The Balaban J connectivity index is 1.49. The molecule has 4 aliphatic heterocycles. The first-order valence-corrected chi connectivity index (χ1v) is 19.8. The van der Waals surface area contributed by atoms with Gasteiger partial charge in [0, 0.05) is 31.7 Å². The second-order valence-corrected chi connectivity index (χ2v) is 15.5. The van der Waals surface area contributed by atoms with Gasteiger partial charge in [-0.2, -0.15) is 0 Å². The third-order valence-electron chi connectivity index (χ3n) is 11.2. The standard InChI is InChI=1S/C40H57N7O8/c1-5-6-7-8-16-33(48)43-29(23-27-12-9-13-28(41)22-27)35(49)44-34-26(4)55-40(54)31-15-11-19-46(31)37(51)25(3)42-36(50)32-21-24(2)17-20-47(32)38(52)30-14-10-18-45(30)39(34)53/h8-9,12-13,16,22,24-26,29-32,34H,5-7,10-11,14-15,17-21,23,41H2,1-4H3,(H,42,50)(H,43,48)(H,44,49)/b16-8+/t24?,25-,26-,29-,30+,31+,32+,34-/m0/s1. The van der Waals surface area contributed by atoms with Gasteiger partial charge in [-0.25, -0.2) is 4.79 Å². The highest BCUT2D eigenvalue weighted by atomic mass is 16.5. The molecule has 4 fully saturated rings. The molecule has 1 aromatic rings. The Morgan fingerprint density at radius 2 is 1.62 bits per heavy atom. The Morgan fingerprint density at radius 1 is 0.927 bits per heavy atom. The normalized spacial score (nSPS) is 28.6. The molecule has 1 aromatic carbocycles. The van der Waals surface area contributed by atoms with Crippen molar-refractivity contribution in [3.8, 4) is 0 Å². The molecular formula is C40H57N7O8. The van der Waals surface area contributed by atoms with E-state index >= 15 is 0 Å². The van der Waals surface area contributed by atoms with Crippen LogP contribution in [-0.2, 0) is 44.7 Å². The third kappa shape index (κ3) is 10.0. The number of cyclic esters (lactones) is 1. The van der Waals surface area contributed by atoms with Crippen LogP contribution in [0.3, 0.4) is 0 Å². The molecule has 300 valence electrons. The Morgan fingerprint density at radius 3 is 2.33 bits per heavy atom. The van der Waals surface area contributed by atoms with Crippen molar-refractivity contribution in [3.05, 3.63) is 42.0 Å². The number of piperidine rings is 1. The number of carbonyl (C=O) groups excluding carboxylic acids is 7. The highest BCUT2D eigenvalue weighted by Crippen LogP contribution is 2.29. The zero-order valence-electron chi connectivity index (χ0n) is 32.5. The van der Waals surface area contributed by atoms with E-state index in [0.29, 0.717) is 62.7 Å². The van der Waals surface area contributed by atoms with Gasteiger partial charge in [0.05, 0.1) is 0 Å². The maximum absolute atomic E-state index is 14.7. The topological polar surface area (TPSA) is 201 Å². The zero-order valence-corrected chi connectivity index (χ0v) is 32.5. The number of amides is 6. The molecule has 0 aromatic heterocycles. The number of unbranched alkanes of at least 4 members (excludes halogenated alkanes) is 2. The number of carbonyl (C=O) groups is 7. The number of ether oxygens (including phenoxy) is 1. The highest BCUT2D eigenvalue weighted by molar-refractivity contribution is 5.98. The van der Waals surface area contributed by atoms with Crippen LogP contribution in [0.4, 0.5) is 5.69 Å². The van der Waals surface area contributed by atoms with Gasteiger partial charge in [-0.1, -0.05) is 44.9 Å². The minimum Gasteiger partial charge on any atom is -0.458 e. The molecule has 1 unspecified atom stereocenters. The summed E-state index contributed by atoms with van der Waals surface area (Å²) in [6.07, 6.45) is 7.20. The monoisotopic (exact) mass is 763 g/mol. The van der Waals surface area contributed by atoms with Crippen LogP contribution in [0.15, 0.2) is 36.4 Å². The lowest BCUT2D eigenvalue weighted by atomic mass is 9.91. The quantitative estimate of drug-likeness (QED) is 0.125. The number of nitrogens with one attached hydrogen (secondary N) is 3. The molecule has 5 rings (SSSR count). The van der Waals surface area contributed by atoms with Gasteiger partial charge in [-0.05, 0) is 88.5 Å². The van der Waals surface area contributed by atoms with Crippen LogP contribution < -0.4 is 21.7 Å². The fourth-order valence-electron chi connectivity index (χ4n) is 8.07. The molecule has 0 radical (unpaired) electrons. The molecular weight excluding hydrogens is 706 g/mol. The van der Waals surface area contributed by atoms with E-state index < -0.39 is 77.9 Å². The van der Waals surface area contributed by atoms with E-state index in [0.717, 1.165) is 12.8 Å². The summed E-state index contributed by atoms with van der Waals surface area (Å²) in [6, 6.07) is 0.584. The van der Waals surface area contributed by atoms with Crippen molar-refractivity contribution in [2.24, 2.45) is 5.92 Å². The van der Waals surface area contributed by atoms with Crippen LogP contribution in [0, 0.1) is 5.92 Å². The molecule has 4 saturated heterocycles. The van der Waals surface area contributed by atoms with Crippen molar-refractivity contribution < 1.29 is 38.3 Å². The van der Waals surface area contributed by atoms with Crippen molar-refractivity contribution in [3.63, 3.8) is 0 Å². The maximum atomic E-state index is 14.7. The Bertz CT molecular complexity index is 1650. The number of anilines is 1. The average Bonchev–Trinajstić information content (AvgIpc) is 3.85. The highest BCUT2D eigenvalue weighted by Gasteiger charge is 2.47. The minimum absolute atomic E-state index is 0.0412. The van der Waals surface area contributed by atoms with Gasteiger partial charge < -0.3 is 41.1 Å². The van der Waals surface area contributed by atoms with Gasteiger partial charge in [0.1, 0.15) is 42.4 Å². The van der Waals surface area contributed by atoms with E-state index in [4.69, 9.17) is 10.5 Å². The van der Waals surface area contributed by atoms with Gasteiger partial charge in [-0.15, -0.1) is 0 Å². The fraction of sp³-hybridized carbons (Fsp3) is 0.625. The SMILES string of the molecule is CCCC/C=C/C(=O)N[C@@H](Cc1cccc(N)c1)C(=O)N[C@@H]1C(=O)N2CCC[C@@H]2C(=O)N2CCC(C)C[C@@H]2C(=O)N[C@@H](C)C(=O)N2CCC[C@@H]2C(=O)O[C@H]1C. The van der Waals surface area contributed by atoms with Crippen LogP contribution in [0.2, 0.25) is 0 Å². The first-order valence-electron chi connectivity index (χ1n) is 19.8. The number of hydrogen-bond acceptors (Lipinski definition) is 9. The summed E-state index contributed by atoms with van der Waals surface area (Å²) in [5.41, 5.74) is 7.16. The van der Waals surface area contributed by atoms with E-state index in [1.165, 1.54) is 27.7 Å². The zero-order chi connectivity index (χ0) is 39.8. The summed E-state index contributed by atoms with van der Waals surface area (Å²) in [7, 11) is 0. The van der Waals surface area contributed by atoms with Gasteiger partial charge >= 0.3 is 5.97 Å². The number of rotatable bonds is 9. The molecule has 8 atom stereocenters. The van der Waals surface area contributed by atoms with Crippen LogP contribution >= 0.6 is 0 Å². The second kappa shape index (κ2) is 18.6. The summed E-state index contributed by atoms with van der Waals surface area (Å²) in [6.45, 7) is 7.88. The molecule has 6 amide bonds. The summed E-state index contributed by atoms with van der Waals surface area (Å²) in [5, 5.41) is 8.35. The molecule has 0 bridgehead atoms. The van der Waals surface area contributed by atoms with Crippen LogP contribution in [0.1, 0.15) is 91.0 Å². The van der Waals surface area contributed by atoms with Crippen molar-refractivity contribution in [2.75, 3.05) is 25.4 Å². The lowest BCUT2D eigenvalue weighted by Crippen LogP contribution is -2.63. The molecule has 0 spiro atoms. The molecule has 4 aliphatic rings. The van der Waals surface area contributed by atoms with Crippen molar-refractivity contribution in [1.82, 2.24) is 30.7 Å². The first kappa shape index (κ1) is 41.2. The number of benzene rings is 1. The molecule has 0 saturated carbocycles. The number of hydrogen-bond donors (Lipinski definition) is 4. The summed E-state index contributed by atoms with van der Waals surface area (Å²) >= 11 is 0. The Hall–Kier alpha value is -4.95. The van der Waals surface area contributed by atoms with E-state index in [2.05, 4.69) is 16.0 Å². The largest absolute Gasteiger partial charge is 0.458 e. The molecule has 4 heterocycles. The van der Waals surface area contributed by atoms with Crippen molar-refractivity contribution in [1.29, 1.82) is 0 Å². The van der Waals surface area contributed by atoms with E-state index in [-0.39, 0.29) is 31.3 Å². The maximum Gasteiger partial charge on any atom is 0.329 e. The number of fused-ring (bicyclic) bond motifs is 3. The Labute approximate surface area is 323 Å². The Kier molecular flexibility index (Phi) is 13.9. The summed E-state index contributed by atoms with van der Waals surface area (Å²) < 4.78 is 5.90. The van der Waals surface area contributed by atoms with Crippen LogP contribution in [0.25, 0.3) is 0 Å². The third-order valence-corrected chi connectivity index (χ3v) is 11.2. The lowest BCUT2D eigenvalue weighted by molar-refractivity contribution is -0.163. The summed E-state index contributed by atoms with van der Waals surface area (Å²) in [5.74, 6) is -3.75. The number of nitrogens with zero attached hydrogens (tertiary/aromatic N) is 3. The van der Waals surface area contributed by atoms with Gasteiger partial charge in [0.2, 0.25) is 35.4 Å². The smallest absolute Gasteiger partial charge is 0.329 e. The molecule has 55 heavy (non-hydrogen) atoms. The molecule has 5 N–H and O–H groups in total. The fourth-order valence-corrected chi connectivity index (χ4v) is 8.07. The van der Waals surface area contributed by atoms with Crippen molar-refractivity contribution >= 4 is 47.1 Å².